The maximum absolute atomic E-state index is 10.7. The summed E-state index contributed by atoms with van der Waals surface area (Å²) < 4.78 is 64.3. The van der Waals surface area contributed by atoms with E-state index in [-0.39, 0.29) is 90.7 Å². The van der Waals surface area contributed by atoms with Crippen molar-refractivity contribution in [3.05, 3.63) is 84.9 Å². The maximum Gasteiger partial charge on any atom is 1.00 e. The fourth-order valence-corrected chi connectivity index (χ4v) is 3.66. The van der Waals surface area contributed by atoms with Crippen LogP contribution < -0.4 is 80.9 Å². The monoisotopic (exact) mass is 476 g/mol. The van der Waals surface area contributed by atoms with Crippen molar-refractivity contribution < 1.29 is 107 Å². The van der Waals surface area contributed by atoms with E-state index in [2.05, 4.69) is 0 Å². The normalized spacial score (nSPS) is 11.0. The molecule has 4 aromatic rings. The Labute approximate surface area is 239 Å². The minimum atomic E-state index is -4.34. The molecule has 0 radical (unpaired) electrons. The first kappa shape index (κ1) is 27.9. The third kappa shape index (κ3) is 7.47. The molecule has 0 N–H and O–H groups in total. The van der Waals surface area contributed by atoms with Crippen LogP contribution in [0.25, 0.3) is 21.5 Å². The van der Waals surface area contributed by atoms with Crippen LogP contribution in [0.5, 0.6) is 0 Å². The van der Waals surface area contributed by atoms with Crippen LogP contribution in [0.3, 0.4) is 0 Å². The Morgan fingerprint density at radius 1 is 0.500 bits per heavy atom. The van der Waals surface area contributed by atoms with Crippen LogP contribution in [-0.4, -0.2) is 25.9 Å². The van der Waals surface area contributed by atoms with Crippen LogP contribution >= 0.6 is 0 Å². The second kappa shape index (κ2) is 11.6. The van der Waals surface area contributed by atoms with Crippen LogP contribution in [0.4, 0.5) is 0 Å². The molecule has 0 aliphatic rings. The van der Waals surface area contributed by atoms with E-state index in [9.17, 15) is 25.9 Å². The Kier molecular flexibility index (Phi) is 10.8. The van der Waals surface area contributed by atoms with Crippen molar-refractivity contribution in [2.24, 2.45) is 0 Å². The molecule has 10 heteroatoms. The van der Waals surface area contributed by atoms with Gasteiger partial charge in [-0.05, 0) is 45.8 Å². The fourth-order valence-electron chi connectivity index (χ4n) is 2.65. The maximum atomic E-state index is 10.7. The molecule has 0 heterocycles. The van der Waals surface area contributed by atoms with E-state index in [0.29, 0.717) is 0 Å². The van der Waals surface area contributed by atoms with Crippen molar-refractivity contribution in [2.75, 3.05) is 0 Å². The zero-order valence-electron chi connectivity index (χ0n) is 16.3. The number of fused-ring (bicyclic) bond motifs is 2. The van der Waals surface area contributed by atoms with Gasteiger partial charge in [0.05, 0.1) is 9.79 Å². The molecule has 0 amide bonds. The van der Waals surface area contributed by atoms with Crippen molar-refractivity contribution >= 4 is 41.8 Å². The molecular weight excluding hydrogens is 462 g/mol. The summed E-state index contributed by atoms with van der Waals surface area (Å²) in [4.78, 5) is -0.368. The van der Waals surface area contributed by atoms with Crippen molar-refractivity contribution in [2.45, 2.75) is 9.79 Å². The van der Waals surface area contributed by atoms with Crippen molar-refractivity contribution in [3.63, 3.8) is 0 Å². The van der Waals surface area contributed by atoms with Crippen LogP contribution in [0.2, 0.25) is 0 Å². The first-order chi connectivity index (χ1) is 13.1. The summed E-state index contributed by atoms with van der Waals surface area (Å²) in [6.45, 7) is 0. The van der Waals surface area contributed by atoms with Crippen LogP contribution in [0, 0.1) is 0 Å². The van der Waals surface area contributed by atoms with Crippen LogP contribution in [-0.2, 0) is 20.2 Å². The number of hydrogen-bond donors (Lipinski definition) is 0. The molecule has 0 unspecified atom stereocenters. The predicted molar refractivity (Wildman–Crippen MR) is 104 cm³/mol. The van der Waals surface area contributed by atoms with Gasteiger partial charge in [0, 0.05) is 0 Å². The third-order valence-electron chi connectivity index (χ3n) is 4.02. The van der Waals surface area contributed by atoms with Gasteiger partial charge in [-0.1, -0.05) is 60.7 Å². The molecule has 4 aromatic carbocycles. The van der Waals surface area contributed by atoms with Gasteiger partial charge in [-0.25, -0.2) is 16.8 Å². The van der Waals surface area contributed by atoms with Gasteiger partial charge in [-0.15, -0.1) is 0 Å². The summed E-state index contributed by atoms with van der Waals surface area (Å²) in [6, 6.07) is 23.2. The standard InChI is InChI=1S/2C10H8O3S.K.Na/c2*11-14(12,13)10-6-5-8-3-1-2-4-9(8)7-10;;/h2*1-7H,(H,11,12,13);;/q;;2*+1/p-2. The molecule has 0 saturated carbocycles. The average Bonchev–Trinajstić information content (AvgIpc) is 2.66. The van der Waals surface area contributed by atoms with Crippen molar-refractivity contribution in [1.29, 1.82) is 0 Å². The van der Waals surface area contributed by atoms with Crippen molar-refractivity contribution in [3.8, 4) is 0 Å². The number of rotatable bonds is 2. The topological polar surface area (TPSA) is 114 Å². The molecule has 0 aromatic heterocycles. The van der Waals surface area contributed by atoms with Gasteiger partial charge in [0.2, 0.25) is 0 Å². The molecular formula is C20H14KNaO6S2. The van der Waals surface area contributed by atoms with Gasteiger partial charge in [0.25, 0.3) is 0 Å². The van der Waals surface area contributed by atoms with Gasteiger partial charge in [0.1, 0.15) is 20.2 Å². The Morgan fingerprint density at radius 2 is 0.800 bits per heavy atom. The largest absolute Gasteiger partial charge is 1.00 e. The van der Waals surface area contributed by atoms with E-state index in [0.717, 1.165) is 21.5 Å². The minimum Gasteiger partial charge on any atom is -0.744 e. The molecule has 0 fully saturated rings. The molecule has 0 spiro atoms. The summed E-state index contributed by atoms with van der Waals surface area (Å²) in [5.41, 5.74) is 0. The number of benzene rings is 4. The molecule has 4 rings (SSSR count). The summed E-state index contributed by atoms with van der Waals surface area (Å²) >= 11 is 0. The van der Waals surface area contributed by atoms with Gasteiger partial charge in [-0.3, -0.25) is 0 Å². The summed E-state index contributed by atoms with van der Waals surface area (Å²) in [5.74, 6) is 0. The van der Waals surface area contributed by atoms with Gasteiger partial charge in [-0.2, -0.15) is 0 Å². The van der Waals surface area contributed by atoms with E-state index in [1.807, 2.05) is 24.3 Å². The Morgan fingerprint density at radius 3 is 1.10 bits per heavy atom. The Hall–Kier alpha value is -0.144. The second-order valence-corrected chi connectivity index (χ2v) is 8.69. The quantitative estimate of drug-likeness (QED) is 0.233. The van der Waals surface area contributed by atoms with Crippen LogP contribution in [0.15, 0.2) is 94.7 Å². The molecule has 0 atom stereocenters. The first-order valence-electron chi connectivity index (χ1n) is 8.04. The average molecular weight is 477 g/mol. The predicted octanol–water partition coefficient (Wildman–Crippen LogP) is -2.50. The van der Waals surface area contributed by atoms with Gasteiger partial charge < -0.3 is 9.11 Å². The van der Waals surface area contributed by atoms with E-state index in [4.69, 9.17) is 0 Å². The minimum absolute atomic E-state index is 0. The summed E-state index contributed by atoms with van der Waals surface area (Å²) in [6.07, 6.45) is 0. The molecule has 0 aliphatic heterocycles. The smallest absolute Gasteiger partial charge is 0.744 e. The van der Waals surface area contributed by atoms with Gasteiger partial charge >= 0.3 is 80.9 Å². The Balaban J connectivity index is 0.000000281. The summed E-state index contributed by atoms with van der Waals surface area (Å²) in [5, 5.41) is 3.34. The van der Waals surface area contributed by atoms with Gasteiger partial charge in [0.15, 0.2) is 0 Å². The zero-order chi connectivity index (χ0) is 20.4. The summed E-state index contributed by atoms with van der Waals surface area (Å²) in [7, 11) is -8.69. The molecule has 0 bridgehead atoms. The van der Waals surface area contributed by atoms with E-state index in [1.165, 1.54) is 24.3 Å². The first-order valence-corrected chi connectivity index (χ1v) is 10.9. The molecule has 6 nitrogen and oxygen atoms in total. The fraction of sp³-hybridized carbons (Fsp3) is 0. The van der Waals surface area contributed by atoms with E-state index in [1.54, 1.807) is 36.4 Å². The number of hydrogen-bond acceptors (Lipinski definition) is 6. The van der Waals surface area contributed by atoms with E-state index < -0.39 is 20.2 Å². The van der Waals surface area contributed by atoms with E-state index >= 15 is 0 Å². The van der Waals surface area contributed by atoms with Crippen molar-refractivity contribution in [1.82, 2.24) is 0 Å². The molecule has 30 heavy (non-hydrogen) atoms. The molecule has 0 saturated heterocycles. The van der Waals surface area contributed by atoms with Crippen LogP contribution in [0.1, 0.15) is 0 Å². The SMILES string of the molecule is O=S(=O)([O-])c1ccc2ccccc2c1.O=S(=O)([O-])c1ccc2ccccc2c1.[K+].[Na+]. The Bertz CT molecular complexity index is 1270. The molecule has 144 valence electrons. The second-order valence-electron chi connectivity index (χ2n) is 5.93. The third-order valence-corrected chi connectivity index (χ3v) is 5.68. The molecule has 0 aliphatic carbocycles. The zero-order valence-corrected chi connectivity index (χ0v) is 23.1.